The average Bonchev–Trinajstić information content (AvgIpc) is 2.59. The number of benzene rings is 2. The minimum atomic E-state index is -2.13. The number of methoxy groups -OCH3 is 1. The van der Waals surface area contributed by atoms with Gasteiger partial charge in [0.1, 0.15) is 5.75 Å². The maximum absolute atomic E-state index is 12.8. The molecule has 2 heterocycles. The lowest BCUT2D eigenvalue weighted by atomic mass is 9.94. The van der Waals surface area contributed by atoms with Crippen LogP contribution >= 0.6 is 19.5 Å². The number of hydrogen-bond acceptors (Lipinski definition) is 3. The molecule has 0 saturated heterocycles. The van der Waals surface area contributed by atoms with Gasteiger partial charge in [-0.2, -0.15) is 0 Å². The normalized spacial score (nSPS) is 19.1. The molecule has 0 fully saturated rings. The summed E-state index contributed by atoms with van der Waals surface area (Å²) in [5.41, 5.74) is 5.53. The highest BCUT2D eigenvalue weighted by atomic mass is 35.5. The van der Waals surface area contributed by atoms with E-state index in [9.17, 15) is 4.57 Å². The maximum atomic E-state index is 12.8. The van der Waals surface area contributed by atoms with Crippen LogP contribution in [0.15, 0.2) is 48.5 Å². The number of ether oxygens (including phenoxy) is 1. The van der Waals surface area contributed by atoms with E-state index in [2.05, 4.69) is 12.1 Å². The van der Waals surface area contributed by atoms with Gasteiger partial charge in [-0.1, -0.05) is 30.3 Å². The Morgan fingerprint density at radius 2 is 1.88 bits per heavy atom. The van der Waals surface area contributed by atoms with Crippen LogP contribution in [0.3, 0.4) is 0 Å². The van der Waals surface area contributed by atoms with Gasteiger partial charge in [-0.05, 0) is 48.0 Å². The van der Waals surface area contributed by atoms with Gasteiger partial charge >= 0.3 is 0 Å². The van der Waals surface area contributed by atoms with Gasteiger partial charge in [-0.3, -0.25) is 4.98 Å². The Balaban J connectivity index is 0.00000182. The molecule has 4 rings (SSSR count). The van der Waals surface area contributed by atoms with E-state index in [-0.39, 0.29) is 12.4 Å². The molecule has 1 aliphatic rings. The van der Waals surface area contributed by atoms with Crippen LogP contribution in [0.5, 0.6) is 5.75 Å². The third-order valence-electron chi connectivity index (χ3n) is 4.76. The fourth-order valence-corrected chi connectivity index (χ4v) is 5.38. The van der Waals surface area contributed by atoms with Gasteiger partial charge in [-0.25, -0.2) is 0 Å². The van der Waals surface area contributed by atoms with E-state index in [1.807, 2.05) is 43.1 Å². The number of hydrogen-bond donors (Lipinski definition) is 0. The molecule has 0 amide bonds. The molecule has 1 aromatic heterocycles. The van der Waals surface area contributed by atoms with Crippen molar-refractivity contribution in [1.29, 1.82) is 0 Å². The predicted molar refractivity (Wildman–Crippen MR) is 107 cm³/mol. The standard InChI is InChI=1S/C20H20NO2P.ClH/c1-23-15-8-9-18-16(12-15)20(14-6-4-3-5-7-14)17-13-24(2,22)11-10-19(17)21-18;/h3-9,12H,10-11,13H2,1-2H3;1H. The number of fused-ring (bicyclic) bond motifs is 2. The molecule has 3 nitrogen and oxygen atoms in total. The molecule has 0 spiro atoms. The highest BCUT2D eigenvalue weighted by Gasteiger charge is 2.28. The van der Waals surface area contributed by atoms with E-state index in [1.54, 1.807) is 7.11 Å². The Morgan fingerprint density at radius 3 is 2.60 bits per heavy atom. The van der Waals surface area contributed by atoms with E-state index < -0.39 is 7.14 Å². The molecule has 0 aliphatic carbocycles. The van der Waals surface area contributed by atoms with E-state index >= 15 is 0 Å². The first-order valence-corrected chi connectivity index (χ1v) is 10.7. The molecule has 0 radical (unpaired) electrons. The fraction of sp³-hybridized carbons (Fsp3) is 0.250. The van der Waals surface area contributed by atoms with Gasteiger partial charge in [0.25, 0.3) is 0 Å². The molecule has 0 saturated carbocycles. The van der Waals surface area contributed by atoms with Crippen LogP contribution in [0.1, 0.15) is 11.3 Å². The minimum Gasteiger partial charge on any atom is -0.497 e. The molecule has 3 aromatic rings. The summed E-state index contributed by atoms with van der Waals surface area (Å²) in [7, 11) is -0.458. The topological polar surface area (TPSA) is 39.2 Å². The second-order valence-electron chi connectivity index (χ2n) is 6.59. The van der Waals surface area contributed by atoms with Crippen molar-refractivity contribution in [3.63, 3.8) is 0 Å². The highest BCUT2D eigenvalue weighted by molar-refractivity contribution is 7.62. The van der Waals surface area contributed by atoms with Gasteiger partial charge in [0.05, 0.1) is 19.8 Å². The molecule has 25 heavy (non-hydrogen) atoms. The number of rotatable bonds is 2. The summed E-state index contributed by atoms with van der Waals surface area (Å²) in [6.07, 6.45) is 2.18. The third kappa shape index (κ3) is 3.31. The summed E-state index contributed by atoms with van der Waals surface area (Å²) >= 11 is 0. The van der Waals surface area contributed by atoms with E-state index in [0.29, 0.717) is 6.16 Å². The summed E-state index contributed by atoms with van der Waals surface area (Å²) in [6, 6.07) is 16.3. The molecule has 1 atom stereocenters. The Morgan fingerprint density at radius 1 is 1.12 bits per heavy atom. The molecule has 5 heteroatoms. The van der Waals surface area contributed by atoms with Gasteiger partial charge < -0.3 is 9.30 Å². The third-order valence-corrected chi connectivity index (χ3v) is 6.91. The lowest BCUT2D eigenvalue weighted by molar-refractivity contribution is 0.415. The Hall–Kier alpha value is -1.83. The summed E-state index contributed by atoms with van der Waals surface area (Å²) in [5, 5.41) is 1.07. The van der Waals surface area contributed by atoms with E-state index in [0.717, 1.165) is 51.6 Å². The first-order chi connectivity index (χ1) is 11.6. The first kappa shape index (κ1) is 18.0. The highest BCUT2D eigenvalue weighted by Crippen LogP contribution is 2.52. The fourth-order valence-electron chi connectivity index (χ4n) is 3.53. The monoisotopic (exact) mass is 373 g/mol. The number of halogens is 1. The van der Waals surface area contributed by atoms with E-state index in [1.165, 1.54) is 0 Å². The minimum absolute atomic E-state index is 0. The van der Waals surface area contributed by atoms with Gasteiger partial charge in [-0.15, -0.1) is 12.4 Å². The van der Waals surface area contributed by atoms with Crippen molar-refractivity contribution < 1.29 is 9.30 Å². The van der Waals surface area contributed by atoms with Crippen LogP contribution in [-0.4, -0.2) is 24.9 Å². The summed E-state index contributed by atoms with van der Waals surface area (Å²) in [6.45, 7) is 1.92. The molecule has 1 unspecified atom stereocenters. The quantitative estimate of drug-likeness (QED) is 0.566. The van der Waals surface area contributed by atoms with Crippen LogP contribution in [0, 0.1) is 0 Å². The molecule has 0 N–H and O–H groups in total. The second-order valence-corrected chi connectivity index (χ2v) is 9.95. The molecule has 130 valence electrons. The number of nitrogens with zero attached hydrogens (tertiary/aromatic N) is 1. The number of aryl methyl sites for hydroxylation is 1. The van der Waals surface area contributed by atoms with Crippen molar-refractivity contribution in [2.24, 2.45) is 0 Å². The van der Waals surface area contributed by atoms with Crippen LogP contribution in [0.2, 0.25) is 0 Å². The van der Waals surface area contributed by atoms with Gasteiger partial charge in [0, 0.05) is 23.4 Å². The SMILES string of the molecule is COc1ccc2nc3c(c(-c4ccccc4)c2c1)CP(C)(=O)CC3.Cl. The summed E-state index contributed by atoms with van der Waals surface area (Å²) < 4.78 is 18.2. The smallest absolute Gasteiger partial charge is 0.119 e. The van der Waals surface area contributed by atoms with Gasteiger partial charge in [0.15, 0.2) is 0 Å². The first-order valence-electron chi connectivity index (χ1n) is 8.18. The zero-order valence-electron chi connectivity index (χ0n) is 14.4. The lowest BCUT2D eigenvalue weighted by Gasteiger charge is -2.25. The Bertz CT molecular complexity index is 972. The van der Waals surface area contributed by atoms with Crippen LogP contribution in [-0.2, 0) is 17.1 Å². The zero-order valence-corrected chi connectivity index (χ0v) is 16.1. The molecule has 2 aromatic carbocycles. The Kier molecular flexibility index (Phi) is 4.90. The van der Waals surface area contributed by atoms with Crippen LogP contribution < -0.4 is 4.74 Å². The predicted octanol–water partition coefficient (Wildman–Crippen LogP) is 5.38. The summed E-state index contributed by atoms with van der Waals surface area (Å²) in [4.78, 5) is 4.87. The van der Waals surface area contributed by atoms with E-state index in [4.69, 9.17) is 9.72 Å². The van der Waals surface area contributed by atoms with Crippen molar-refractivity contribution >= 4 is 30.5 Å². The van der Waals surface area contributed by atoms with Crippen molar-refractivity contribution in [2.45, 2.75) is 12.6 Å². The molecule has 1 aliphatic heterocycles. The maximum Gasteiger partial charge on any atom is 0.119 e. The van der Waals surface area contributed by atoms with Crippen molar-refractivity contribution in [1.82, 2.24) is 4.98 Å². The van der Waals surface area contributed by atoms with Crippen LogP contribution in [0.4, 0.5) is 0 Å². The van der Waals surface area contributed by atoms with Crippen LogP contribution in [0.25, 0.3) is 22.0 Å². The zero-order chi connectivity index (χ0) is 16.7. The van der Waals surface area contributed by atoms with Crippen molar-refractivity contribution in [2.75, 3.05) is 19.9 Å². The number of pyridine rings is 1. The average molecular weight is 374 g/mol. The molecular weight excluding hydrogens is 353 g/mol. The molecular formula is C20H21ClNO2P. The molecule has 0 bridgehead atoms. The largest absolute Gasteiger partial charge is 0.497 e. The van der Waals surface area contributed by atoms with Crippen molar-refractivity contribution in [3.8, 4) is 16.9 Å². The Labute approximate surface area is 154 Å². The lowest BCUT2D eigenvalue weighted by Crippen LogP contribution is -2.12. The summed E-state index contributed by atoms with van der Waals surface area (Å²) in [5.74, 6) is 0.817. The second kappa shape index (κ2) is 6.82. The van der Waals surface area contributed by atoms with Crippen molar-refractivity contribution in [3.05, 3.63) is 59.8 Å². The van der Waals surface area contributed by atoms with Gasteiger partial charge in [0.2, 0.25) is 0 Å². The number of aromatic nitrogens is 1.